The molecule has 5 nitrogen and oxygen atoms in total. The van der Waals surface area contributed by atoms with E-state index in [9.17, 15) is 13.5 Å². The molecule has 6 heteroatoms. The van der Waals surface area contributed by atoms with Crippen molar-refractivity contribution in [2.75, 3.05) is 26.2 Å². The van der Waals surface area contributed by atoms with Gasteiger partial charge in [0.1, 0.15) is 10.6 Å². The molecule has 1 heterocycles. The Labute approximate surface area is 120 Å². The highest BCUT2D eigenvalue weighted by atomic mass is 32.2. The highest BCUT2D eigenvalue weighted by molar-refractivity contribution is 7.89. The molecule has 1 saturated heterocycles. The first kappa shape index (κ1) is 15.3. The maximum absolute atomic E-state index is 12.5. The van der Waals surface area contributed by atoms with Crippen LogP contribution in [0.25, 0.3) is 0 Å². The summed E-state index contributed by atoms with van der Waals surface area (Å²) in [5.74, 6) is -0.182. The number of hydrogen-bond donors (Lipinski definition) is 1. The number of aromatic hydroxyl groups is 1. The normalized spacial score (nSPS) is 20.6. The molecular formula is C14H22N2O3S. The third-order valence-electron chi connectivity index (χ3n) is 3.94. The van der Waals surface area contributed by atoms with Crippen LogP contribution in [0.1, 0.15) is 20.3 Å². The molecule has 1 aliphatic rings. The molecule has 0 saturated carbocycles. The first-order chi connectivity index (χ1) is 9.50. The summed E-state index contributed by atoms with van der Waals surface area (Å²) in [4.78, 5) is 2.28. The van der Waals surface area contributed by atoms with Gasteiger partial charge in [0.05, 0.1) is 0 Å². The fraction of sp³-hybridized carbons (Fsp3) is 0.571. The van der Waals surface area contributed by atoms with Crippen LogP contribution in [0.3, 0.4) is 0 Å². The van der Waals surface area contributed by atoms with Gasteiger partial charge in [-0.15, -0.1) is 0 Å². The predicted molar refractivity (Wildman–Crippen MR) is 78.2 cm³/mol. The van der Waals surface area contributed by atoms with Crippen molar-refractivity contribution in [2.24, 2.45) is 0 Å². The lowest BCUT2D eigenvalue weighted by atomic mass is 10.2. The standard InChI is InChI=1S/C14H22N2O3S/c1-3-15(4-2)12-9-10-16(11-12)20(18,19)14-8-6-5-7-13(14)17/h5-8,12,17H,3-4,9-11H2,1-2H3. The Kier molecular flexibility index (Phi) is 4.67. The molecule has 0 aliphatic carbocycles. The maximum atomic E-state index is 12.5. The van der Waals surface area contributed by atoms with E-state index in [0.717, 1.165) is 19.5 Å². The Morgan fingerprint density at radius 1 is 1.30 bits per heavy atom. The predicted octanol–water partition coefficient (Wildman–Crippen LogP) is 1.50. The molecule has 0 amide bonds. The number of phenols is 1. The lowest BCUT2D eigenvalue weighted by Crippen LogP contribution is -2.38. The molecule has 1 aromatic rings. The zero-order chi connectivity index (χ0) is 14.8. The summed E-state index contributed by atoms with van der Waals surface area (Å²) in [5, 5.41) is 9.76. The lowest BCUT2D eigenvalue weighted by Gasteiger charge is -2.26. The van der Waals surface area contributed by atoms with Crippen LogP contribution in [-0.4, -0.2) is 55.0 Å². The molecule has 2 rings (SSSR count). The van der Waals surface area contributed by atoms with Gasteiger partial charge in [0.2, 0.25) is 10.0 Å². The van der Waals surface area contributed by atoms with Crippen LogP contribution in [0.15, 0.2) is 29.2 Å². The Morgan fingerprint density at radius 3 is 2.55 bits per heavy atom. The molecule has 1 atom stereocenters. The highest BCUT2D eigenvalue weighted by Crippen LogP contribution is 2.28. The van der Waals surface area contributed by atoms with Crippen molar-refractivity contribution < 1.29 is 13.5 Å². The SMILES string of the molecule is CCN(CC)C1CCN(S(=O)(=O)c2ccccc2O)C1. The Balaban J connectivity index is 2.19. The molecule has 0 aromatic heterocycles. The van der Waals surface area contributed by atoms with Gasteiger partial charge in [0.25, 0.3) is 0 Å². The second-order valence-corrected chi connectivity index (χ2v) is 6.90. The number of nitrogens with zero attached hydrogens (tertiary/aromatic N) is 2. The maximum Gasteiger partial charge on any atom is 0.246 e. The van der Waals surface area contributed by atoms with E-state index in [1.807, 2.05) is 0 Å². The van der Waals surface area contributed by atoms with Crippen LogP contribution in [-0.2, 0) is 10.0 Å². The Morgan fingerprint density at radius 2 is 1.95 bits per heavy atom. The molecule has 1 N–H and O–H groups in total. The number of para-hydroxylation sites is 1. The lowest BCUT2D eigenvalue weighted by molar-refractivity contribution is 0.224. The Bertz CT molecular complexity index is 555. The van der Waals surface area contributed by atoms with Crippen molar-refractivity contribution >= 4 is 10.0 Å². The number of phenolic OH excluding ortho intramolecular Hbond substituents is 1. The number of likely N-dealkylation sites (N-methyl/N-ethyl adjacent to an activating group) is 1. The molecule has 0 spiro atoms. The highest BCUT2D eigenvalue weighted by Gasteiger charge is 2.35. The third-order valence-corrected chi connectivity index (χ3v) is 5.85. The summed E-state index contributed by atoms with van der Waals surface area (Å²) in [5.41, 5.74) is 0. The average Bonchev–Trinajstić information content (AvgIpc) is 2.91. The van der Waals surface area contributed by atoms with Crippen molar-refractivity contribution in [3.8, 4) is 5.75 Å². The van der Waals surface area contributed by atoms with E-state index in [1.165, 1.54) is 16.4 Å². The molecule has 1 aliphatic heterocycles. The van der Waals surface area contributed by atoms with E-state index in [0.29, 0.717) is 13.1 Å². The molecule has 1 unspecified atom stereocenters. The van der Waals surface area contributed by atoms with E-state index in [4.69, 9.17) is 0 Å². The van der Waals surface area contributed by atoms with Gasteiger partial charge in [-0.3, -0.25) is 4.90 Å². The van der Waals surface area contributed by atoms with Gasteiger partial charge in [-0.25, -0.2) is 8.42 Å². The molecule has 112 valence electrons. The van der Waals surface area contributed by atoms with Crippen molar-refractivity contribution in [1.82, 2.24) is 9.21 Å². The number of benzene rings is 1. The average molecular weight is 298 g/mol. The monoisotopic (exact) mass is 298 g/mol. The van der Waals surface area contributed by atoms with Crippen molar-refractivity contribution in [3.63, 3.8) is 0 Å². The van der Waals surface area contributed by atoms with Gasteiger partial charge in [-0.2, -0.15) is 4.31 Å². The first-order valence-electron chi connectivity index (χ1n) is 7.02. The van der Waals surface area contributed by atoms with Crippen molar-refractivity contribution in [1.29, 1.82) is 0 Å². The molecule has 1 aromatic carbocycles. The van der Waals surface area contributed by atoms with E-state index in [2.05, 4.69) is 18.7 Å². The van der Waals surface area contributed by atoms with Gasteiger partial charge in [0.15, 0.2) is 0 Å². The second-order valence-electron chi connectivity index (χ2n) is 4.99. The zero-order valence-electron chi connectivity index (χ0n) is 12.0. The number of rotatable bonds is 5. The largest absolute Gasteiger partial charge is 0.507 e. The number of sulfonamides is 1. The minimum Gasteiger partial charge on any atom is -0.507 e. The summed E-state index contributed by atoms with van der Waals surface area (Å²) in [7, 11) is -3.60. The van der Waals surface area contributed by atoms with Gasteiger partial charge in [-0.05, 0) is 31.6 Å². The van der Waals surface area contributed by atoms with Crippen LogP contribution in [0.5, 0.6) is 5.75 Å². The Hall–Kier alpha value is -1.11. The van der Waals surface area contributed by atoms with Gasteiger partial charge < -0.3 is 5.11 Å². The van der Waals surface area contributed by atoms with E-state index < -0.39 is 10.0 Å². The van der Waals surface area contributed by atoms with Crippen molar-refractivity contribution in [2.45, 2.75) is 31.2 Å². The smallest absolute Gasteiger partial charge is 0.246 e. The summed E-state index contributed by atoms with van der Waals surface area (Å²) >= 11 is 0. The summed E-state index contributed by atoms with van der Waals surface area (Å²) in [6.07, 6.45) is 0.842. The van der Waals surface area contributed by atoms with Crippen molar-refractivity contribution in [3.05, 3.63) is 24.3 Å². The van der Waals surface area contributed by atoms with E-state index in [1.54, 1.807) is 12.1 Å². The minimum absolute atomic E-state index is 0.000182. The fourth-order valence-corrected chi connectivity index (χ4v) is 4.36. The number of hydrogen-bond acceptors (Lipinski definition) is 4. The topological polar surface area (TPSA) is 60.9 Å². The molecule has 0 bridgehead atoms. The third kappa shape index (κ3) is 2.82. The van der Waals surface area contributed by atoms with Gasteiger partial charge >= 0.3 is 0 Å². The van der Waals surface area contributed by atoms with Crippen LogP contribution < -0.4 is 0 Å². The molecule has 0 radical (unpaired) electrons. The molecule has 20 heavy (non-hydrogen) atoms. The van der Waals surface area contributed by atoms with Gasteiger partial charge in [-0.1, -0.05) is 26.0 Å². The summed E-state index contributed by atoms with van der Waals surface area (Å²) < 4.78 is 26.6. The quantitative estimate of drug-likeness (QED) is 0.895. The molecule has 1 fully saturated rings. The van der Waals surface area contributed by atoms with Crippen LogP contribution in [0.4, 0.5) is 0 Å². The zero-order valence-corrected chi connectivity index (χ0v) is 12.8. The van der Waals surface area contributed by atoms with Crippen LogP contribution in [0, 0.1) is 0 Å². The minimum atomic E-state index is -3.60. The fourth-order valence-electron chi connectivity index (χ4n) is 2.78. The molecular weight excluding hydrogens is 276 g/mol. The van der Waals surface area contributed by atoms with E-state index >= 15 is 0 Å². The van der Waals surface area contributed by atoms with Crippen LogP contribution in [0.2, 0.25) is 0 Å². The summed E-state index contributed by atoms with van der Waals surface area (Å²) in [6.45, 7) is 7.03. The first-order valence-corrected chi connectivity index (χ1v) is 8.46. The van der Waals surface area contributed by atoms with E-state index in [-0.39, 0.29) is 16.7 Å². The van der Waals surface area contributed by atoms with Crippen LogP contribution >= 0.6 is 0 Å². The summed E-state index contributed by atoms with van der Waals surface area (Å²) in [6, 6.07) is 6.38. The van der Waals surface area contributed by atoms with Gasteiger partial charge in [0, 0.05) is 19.1 Å². The second kappa shape index (κ2) is 6.11.